The maximum absolute atomic E-state index is 12.8. The molecule has 2 aromatic rings. The molecule has 0 aliphatic carbocycles. The molecule has 1 saturated heterocycles. The first kappa shape index (κ1) is 20.4. The number of amides is 1. The molecule has 28 heavy (non-hydrogen) atoms. The fraction of sp³-hybridized carbons (Fsp3) is 0.381. The van der Waals surface area contributed by atoms with Gasteiger partial charge in [0.1, 0.15) is 6.61 Å². The monoisotopic (exact) mass is 402 g/mol. The van der Waals surface area contributed by atoms with Crippen molar-refractivity contribution >= 4 is 16.1 Å². The van der Waals surface area contributed by atoms with Gasteiger partial charge >= 0.3 is 6.09 Å². The quantitative estimate of drug-likeness (QED) is 0.713. The summed E-state index contributed by atoms with van der Waals surface area (Å²) < 4.78 is 32.3. The lowest BCUT2D eigenvalue weighted by Gasteiger charge is -2.26. The van der Waals surface area contributed by atoms with E-state index in [2.05, 4.69) is 0 Å². The Kier molecular flexibility index (Phi) is 6.70. The highest BCUT2D eigenvalue weighted by atomic mass is 32.2. The molecule has 2 aromatic carbocycles. The highest BCUT2D eigenvalue weighted by Crippen LogP contribution is 2.22. The number of hydrogen-bond donors (Lipinski definition) is 0. The number of benzene rings is 2. The van der Waals surface area contributed by atoms with Gasteiger partial charge in [0.15, 0.2) is 0 Å². The third kappa shape index (κ3) is 5.33. The summed E-state index contributed by atoms with van der Waals surface area (Å²) in [5.41, 5.74) is 1.83. The first-order valence-corrected chi connectivity index (χ1v) is 11.0. The van der Waals surface area contributed by atoms with Crippen LogP contribution in [-0.4, -0.2) is 49.1 Å². The second-order valence-electron chi connectivity index (χ2n) is 7.05. The van der Waals surface area contributed by atoms with Gasteiger partial charge in [0.2, 0.25) is 10.0 Å². The van der Waals surface area contributed by atoms with Crippen molar-refractivity contribution < 1.29 is 17.9 Å². The normalized spacial score (nSPS) is 17.1. The Morgan fingerprint density at radius 3 is 2.32 bits per heavy atom. The first-order chi connectivity index (χ1) is 13.5. The predicted octanol–water partition coefficient (Wildman–Crippen LogP) is 3.25. The van der Waals surface area contributed by atoms with Crippen LogP contribution < -0.4 is 0 Å². The molecular weight excluding hydrogens is 376 g/mol. The van der Waals surface area contributed by atoms with E-state index in [1.165, 1.54) is 4.31 Å². The van der Waals surface area contributed by atoms with Crippen molar-refractivity contribution in [3.8, 4) is 0 Å². The summed E-state index contributed by atoms with van der Waals surface area (Å²) in [7, 11) is -1.91. The van der Waals surface area contributed by atoms with E-state index in [1.807, 2.05) is 60.7 Å². The highest BCUT2D eigenvalue weighted by molar-refractivity contribution is 7.89. The summed E-state index contributed by atoms with van der Waals surface area (Å²) in [4.78, 5) is 14.0. The van der Waals surface area contributed by atoms with Gasteiger partial charge in [-0.2, -0.15) is 0 Å². The highest BCUT2D eigenvalue weighted by Gasteiger charge is 2.34. The maximum Gasteiger partial charge on any atom is 0.410 e. The van der Waals surface area contributed by atoms with Gasteiger partial charge in [-0.1, -0.05) is 60.7 Å². The first-order valence-electron chi connectivity index (χ1n) is 9.41. The molecule has 1 heterocycles. The number of likely N-dealkylation sites (tertiary alicyclic amines) is 1. The van der Waals surface area contributed by atoms with Crippen LogP contribution in [0.5, 0.6) is 0 Å². The van der Waals surface area contributed by atoms with Crippen LogP contribution in [0, 0.1) is 0 Å². The zero-order chi connectivity index (χ0) is 20.0. The van der Waals surface area contributed by atoms with E-state index in [1.54, 1.807) is 11.9 Å². The molecule has 1 aliphatic rings. The number of carbonyl (C=O) groups is 1. The Labute approximate surface area is 166 Å². The number of ether oxygens (including phenoxy) is 1. The SMILES string of the molecule is CN(Cc1ccccc1)S(=O)(=O)C[C@@H]1CCCN1C(=O)OCc1ccccc1. The minimum atomic E-state index is -3.49. The zero-order valence-electron chi connectivity index (χ0n) is 16.0. The topological polar surface area (TPSA) is 66.9 Å². The van der Waals surface area contributed by atoms with E-state index in [4.69, 9.17) is 4.74 Å². The van der Waals surface area contributed by atoms with Crippen molar-refractivity contribution in [1.82, 2.24) is 9.21 Å². The summed E-state index contributed by atoms with van der Waals surface area (Å²) in [5, 5.41) is 0. The molecular formula is C21H26N2O4S. The summed E-state index contributed by atoms with van der Waals surface area (Å²) in [6.45, 7) is 1.02. The average Bonchev–Trinajstić information content (AvgIpc) is 3.15. The fourth-order valence-corrected chi connectivity index (χ4v) is 4.79. The molecule has 1 amide bonds. The summed E-state index contributed by atoms with van der Waals surface area (Å²) in [6, 6.07) is 18.6. The van der Waals surface area contributed by atoms with E-state index in [0.29, 0.717) is 19.5 Å². The molecule has 0 unspecified atom stereocenters. The molecule has 1 fully saturated rings. The van der Waals surface area contributed by atoms with Gasteiger partial charge in [0.05, 0.1) is 11.8 Å². The third-order valence-electron chi connectivity index (χ3n) is 4.94. The fourth-order valence-electron chi connectivity index (χ4n) is 3.36. The predicted molar refractivity (Wildman–Crippen MR) is 108 cm³/mol. The molecule has 0 radical (unpaired) electrons. The van der Waals surface area contributed by atoms with Gasteiger partial charge in [-0.25, -0.2) is 17.5 Å². The zero-order valence-corrected chi connectivity index (χ0v) is 16.8. The van der Waals surface area contributed by atoms with Gasteiger partial charge in [-0.3, -0.25) is 0 Å². The lowest BCUT2D eigenvalue weighted by atomic mass is 10.2. The van der Waals surface area contributed by atoms with Crippen LogP contribution in [0.4, 0.5) is 4.79 Å². The van der Waals surface area contributed by atoms with Crippen molar-refractivity contribution in [1.29, 1.82) is 0 Å². The van der Waals surface area contributed by atoms with Gasteiger partial charge in [-0.05, 0) is 24.0 Å². The van der Waals surface area contributed by atoms with E-state index in [-0.39, 0.29) is 18.4 Å². The summed E-state index contributed by atoms with van der Waals surface area (Å²) >= 11 is 0. The van der Waals surface area contributed by atoms with Crippen molar-refractivity contribution in [2.24, 2.45) is 0 Å². The molecule has 0 aromatic heterocycles. The van der Waals surface area contributed by atoms with Crippen LogP contribution in [0.3, 0.4) is 0 Å². The number of hydrogen-bond acceptors (Lipinski definition) is 4. The van der Waals surface area contributed by atoms with E-state index in [9.17, 15) is 13.2 Å². The number of carbonyl (C=O) groups excluding carboxylic acids is 1. The molecule has 1 atom stereocenters. The second-order valence-corrected chi connectivity index (χ2v) is 9.17. The molecule has 3 rings (SSSR count). The van der Waals surface area contributed by atoms with E-state index < -0.39 is 16.1 Å². The molecule has 150 valence electrons. The van der Waals surface area contributed by atoms with Crippen molar-refractivity contribution in [2.45, 2.75) is 32.0 Å². The van der Waals surface area contributed by atoms with E-state index in [0.717, 1.165) is 17.5 Å². The molecule has 0 saturated carbocycles. The number of sulfonamides is 1. The lowest BCUT2D eigenvalue weighted by molar-refractivity contribution is 0.0947. The van der Waals surface area contributed by atoms with E-state index >= 15 is 0 Å². The van der Waals surface area contributed by atoms with Crippen LogP contribution in [0.2, 0.25) is 0 Å². The molecule has 0 spiro atoms. The maximum atomic E-state index is 12.8. The molecule has 6 nitrogen and oxygen atoms in total. The van der Waals surface area contributed by atoms with Crippen LogP contribution in [0.25, 0.3) is 0 Å². The largest absolute Gasteiger partial charge is 0.445 e. The Morgan fingerprint density at radius 2 is 1.68 bits per heavy atom. The molecule has 7 heteroatoms. The molecule has 0 bridgehead atoms. The Hall–Kier alpha value is -2.38. The summed E-state index contributed by atoms with van der Waals surface area (Å²) in [5.74, 6) is -0.0865. The van der Waals surface area contributed by atoms with Crippen molar-refractivity contribution in [3.63, 3.8) is 0 Å². The van der Waals surface area contributed by atoms with Gasteiger partial charge < -0.3 is 9.64 Å². The standard InChI is InChI=1S/C21H26N2O4S/c1-22(15-18-9-4-2-5-10-18)28(25,26)17-20-13-8-14-23(20)21(24)27-16-19-11-6-3-7-12-19/h2-7,9-12,20H,8,13-17H2,1H3/t20-/m0/s1. The Bertz CT molecular complexity index is 872. The molecule has 1 aliphatic heterocycles. The van der Waals surface area contributed by atoms with Gasteiger partial charge in [0.25, 0.3) is 0 Å². The number of nitrogens with zero attached hydrogens (tertiary/aromatic N) is 2. The van der Waals surface area contributed by atoms with Crippen LogP contribution >= 0.6 is 0 Å². The van der Waals surface area contributed by atoms with Crippen molar-refractivity contribution in [2.75, 3.05) is 19.3 Å². The average molecular weight is 403 g/mol. The minimum absolute atomic E-state index is 0.0865. The van der Waals surface area contributed by atoms with Crippen molar-refractivity contribution in [3.05, 3.63) is 71.8 Å². The third-order valence-corrected chi connectivity index (χ3v) is 6.83. The van der Waals surface area contributed by atoms with Crippen LogP contribution in [0.15, 0.2) is 60.7 Å². The molecule has 0 N–H and O–H groups in total. The Morgan fingerprint density at radius 1 is 1.07 bits per heavy atom. The second kappa shape index (κ2) is 9.21. The smallest absolute Gasteiger partial charge is 0.410 e. The lowest BCUT2D eigenvalue weighted by Crippen LogP contribution is -2.43. The van der Waals surface area contributed by atoms with Crippen LogP contribution in [0.1, 0.15) is 24.0 Å². The minimum Gasteiger partial charge on any atom is -0.445 e. The number of rotatable bonds is 7. The van der Waals surface area contributed by atoms with Gasteiger partial charge in [-0.15, -0.1) is 0 Å². The Balaban J connectivity index is 1.58. The van der Waals surface area contributed by atoms with Crippen LogP contribution in [-0.2, 0) is 27.9 Å². The van der Waals surface area contributed by atoms with Gasteiger partial charge in [0, 0.05) is 20.1 Å². The summed E-state index contributed by atoms with van der Waals surface area (Å²) in [6.07, 6.45) is 0.995.